The molecule has 7 heteroatoms. The molecule has 2 aliphatic rings. The maximum Gasteiger partial charge on any atom is 0.416 e. The van der Waals surface area contributed by atoms with E-state index in [1.54, 1.807) is 17.0 Å². The number of halogens is 3. The van der Waals surface area contributed by atoms with E-state index in [1.807, 2.05) is 4.90 Å². The molecule has 4 nitrogen and oxygen atoms in total. The maximum absolute atomic E-state index is 13.1. The average Bonchev–Trinajstić information content (AvgIpc) is 3.09. The van der Waals surface area contributed by atoms with Crippen LogP contribution in [0, 0.1) is 5.92 Å². The Hall–Kier alpha value is -2.05. The van der Waals surface area contributed by atoms with E-state index in [4.69, 9.17) is 0 Å². The summed E-state index contributed by atoms with van der Waals surface area (Å²) in [6, 6.07) is 5.73. The number of piperidine rings is 1. The van der Waals surface area contributed by atoms with Crippen molar-refractivity contribution in [2.24, 2.45) is 5.92 Å². The van der Waals surface area contributed by atoms with Crippen molar-refractivity contribution in [3.05, 3.63) is 35.4 Å². The Morgan fingerprint density at radius 1 is 1.14 bits per heavy atom. The van der Waals surface area contributed by atoms with Gasteiger partial charge in [-0.1, -0.05) is 18.2 Å². The summed E-state index contributed by atoms with van der Waals surface area (Å²) in [5.74, 6) is 0.375. The summed E-state index contributed by atoms with van der Waals surface area (Å²) >= 11 is 0. The van der Waals surface area contributed by atoms with Gasteiger partial charge in [0.05, 0.1) is 5.56 Å². The standard InChI is InChI=1S/C21H27F3N2O2/c22-21(23,24)18-7-2-1-6-17(18)10-9-16-5-3-13-26(15-16)20(28)11-14-25-12-4-8-19(25)27/h1-2,6-7,16H,3-5,8-15H2/t16-/m1/s1. The minimum Gasteiger partial charge on any atom is -0.342 e. The van der Waals surface area contributed by atoms with Crippen LogP contribution in [-0.2, 0) is 22.2 Å². The first kappa shape index (κ1) is 20.7. The molecule has 1 atom stereocenters. The fourth-order valence-corrected chi connectivity index (χ4v) is 4.23. The summed E-state index contributed by atoms with van der Waals surface area (Å²) in [5.41, 5.74) is -0.236. The fourth-order valence-electron chi connectivity index (χ4n) is 4.23. The van der Waals surface area contributed by atoms with Crippen LogP contribution in [0.15, 0.2) is 24.3 Å². The van der Waals surface area contributed by atoms with E-state index < -0.39 is 11.7 Å². The largest absolute Gasteiger partial charge is 0.416 e. The van der Waals surface area contributed by atoms with Gasteiger partial charge >= 0.3 is 6.18 Å². The van der Waals surface area contributed by atoms with Gasteiger partial charge in [0.1, 0.15) is 0 Å². The number of amides is 2. The Labute approximate surface area is 163 Å². The van der Waals surface area contributed by atoms with Crippen molar-refractivity contribution in [2.45, 2.75) is 51.1 Å². The van der Waals surface area contributed by atoms with Gasteiger partial charge in [0.15, 0.2) is 0 Å². The number of alkyl halides is 3. The molecule has 3 rings (SSSR count). The summed E-state index contributed by atoms with van der Waals surface area (Å²) in [6.07, 6.45) is 0.236. The van der Waals surface area contributed by atoms with E-state index in [0.29, 0.717) is 50.9 Å². The third kappa shape index (κ3) is 5.26. The second-order valence-corrected chi connectivity index (χ2v) is 7.78. The quantitative estimate of drug-likeness (QED) is 0.732. The van der Waals surface area contributed by atoms with Gasteiger partial charge in [-0.25, -0.2) is 0 Å². The third-order valence-corrected chi connectivity index (χ3v) is 5.78. The van der Waals surface area contributed by atoms with Crippen LogP contribution in [0.25, 0.3) is 0 Å². The molecule has 154 valence electrons. The molecule has 1 aromatic rings. The molecule has 0 unspecified atom stereocenters. The van der Waals surface area contributed by atoms with E-state index in [9.17, 15) is 22.8 Å². The topological polar surface area (TPSA) is 40.6 Å². The van der Waals surface area contributed by atoms with Crippen molar-refractivity contribution in [3.63, 3.8) is 0 Å². The maximum atomic E-state index is 13.1. The highest BCUT2D eigenvalue weighted by Crippen LogP contribution is 2.33. The molecule has 0 aliphatic carbocycles. The zero-order valence-electron chi connectivity index (χ0n) is 16.0. The van der Waals surface area contributed by atoms with Gasteiger partial charge in [-0.2, -0.15) is 13.2 Å². The van der Waals surface area contributed by atoms with E-state index in [0.717, 1.165) is 31.9 Å². The number of likely N-dealkylation sites (tertiary alicyclic amines) is 2. The number of aryl methyl sites for hydroxylation is 1. The molecule has 0 saturated carbocycles. The second-order valence-electron chi connectivity index (χ2n) is 7.78. The van der Waals surface area contributed by atoms with E-state index in [1.165, 1.54) is 6.07 Å². The van der Waals surface area contributed by atoms with E-state index >= 15 is 0 Å². The molecule has 1 aromatic carbocycles. The molecular formula is C21H27F3N2O2. The first-order valence-corrected chi connectivity index (χ1v) is 10.1. The van der Waals surface area contributed by atoms with Gasteiger partial charge in [0.2, 0.25) is 11.8 Å². The molecule has 2 heterocycles. The van der Waals surface area contributed by atoms with Crippen LogP contribution in [0.3, 0.4) is 0 Å². The van der Waals surface area contributed by atoms with E-state index in [2.05, 4.69) is 0 Å². The monoisotopic (exact) mass is 396 g/mol. The molecule has 0 radical (unpaired) electrons. The number of carbonyl (C=O) groups excluding carboxylic acids is 2. The van der Waals surface area contributed by atoms with Crippen molar-refractivity contribution in [1.29, 1.82) is 0 Å². The SMILES string of the molecule is O=C1CCCN1CCC(=O)N1CCC[C@H](CCc2ccccc2C(F)(F)F)C1. The van der Waals surface area contributed by atoms with Gasteiger partial charge in [-0.3, -0.25) is 9.59 Å². The average molecular weight is 396 g/mol. The highest BCUT2D eigenvalue weighted by Gasteiger charge is 2.33. The Kier molecular flexibility index (Phi) is 6.62. The highest BCUT2D eigenvalue weighted by molar-refractivity contribution is 5.80. The van der Waals surface area contributed by atoms with Crippen LogP contribution in [0.4, 0.5) is 13.2 Å². The van der Waals surface area contributed by atoms with Gasteiger partial charge in [0, 0.05) is 39.0 Å². The number of hydrogen-bond acceptors (Lipinski definition) is 2. The van der Waals surface area contributed by atoms with Crippen molar-refractivity contribution in [3.8, 4) is 0 Å². The van der Waals surface area contributed by atoms with Gasteiger partial charge in [-0.05, 0) is 49.7 Å². The second kappa shape index (κ2) is 8.97. The molecule has 2 fully saturated rings. The first-order chi connectivity index (χ1) is 13.3. The number of rotatable bonds is 6. The van der Waals surface area contributed by atoms with Crippen LogP contribution in [0.1, 0.15) is 49.7 Å². The molecule has 0 bridgehead atoms. The third-order valence-electron chi connectivity index (χ3n) is 5.78. The Morgan fingerprint density at radius 3 is 2.64 bits per heavy atom. The van der Waals surface area contributed by atoms with Gasteiger partial charge in [0.25, 0.3) is 0 Å². The minimum absolute atomic E-state index is 0.0418. The number of benzene rings is 1. The van der Waals surface area contributed by atoms with Crippen molar-refractivity contribution in [2.75, 3.05) is 26.2 Å². The van der Waals surface area contributed by atoms with Gasteiger partial charge in [-0.15, -0.1) is 0 Å². The summed E-state index contributed by atoms with van der Waals surface area (Å²) in [7, 11) is 0. The Morgan fingerprint density at radius 2 is 1.93 bits per heavy atom. The lowest BCUT2D eigenvalue weighted by Crippen LogP contribution is -2.41. The lowest BCUT2D eigenvalue weighted by atomic mass is 9.90. The fraction of sp³-hybridized carbons (Fsp3) is 0.619. The van der Waals surface area contributed by atoms with Crippen LogP contribution >= 0.6 is 0 Å². The number of hydrogen-bond donors (Lipinski definition) is 0. The molecule has 2 saturated heterocycles. The van der Waals surface area contributed by atoms with Crippen molar-refractivity contribution in [1.82, 2.24) is 9.80 Å². The highest BCUT2D eigenvalue weighted by atomic mass is 19.4. The summed E-state index contributed by atoms with van der Waals surface area (Å²) < 4.78 is 39.4. The lowest BCUT2D eigenvalue weighted by molar-refractivity contribution is -0.138. The molecule has 2 amide bonds. The number of nitrogens with zero attached hydrogens (tertiary/aromatic N) is 2. The molecule has 0 N–H and O–H groups in total. The van der Waals surface area contributed by atoms with Crippen molar-refractivity contribution < 1.29 is 22.8 Å². The smallest absolute Gasteiger partial charge is 0.342 e. The molecule has 28 heavy (non-hydrogen) atoms. The molecule has 0 spiro atoms. The number of carbonyl (C=O) groups is 2. The Balaban J connectivity index is 1.50. The van der Waals surface area contributed by atoms with E-state index in [-0.39, 0.29) is 17.7 Å². The van der Waals surface area contributed by atoms with Gasteiger partial charge < -0.3 is 9.80 Å². The first-order valence-electron chi connectivity index (χ1n) is 10.1. The zero-order valence-corrected chi connectivity index (χ0v) is 16.0. The predicted molar refractivity (Wildman–Crippen MR) is 99.5 cm³/mol. The molecule has 2 aliphatic heterocycles. The van der Waals surface area contributed by atoms with Crippen LogP contribution in [0.5, 0.6) is 0 Å². The van der Waals surface area contributed by atoms with Crippen LogP contribution in [0.2, 0.25) is 0 Å². The summed E-state index contributed by atoms with van der Waals surface area (Å²) in [5, 5.41) is 0. The normalized spacial score (nSPS) is 20.7. The zero-order chi connectivity index (χ0) is 20.1. The van der Waals surface area contributed by atoms with Crippen LogP contribution in [-0.4, -0.2) is 47.8 Å². The lowest BCUT2D eigenvalue weighted by Gasteiger charge is -2.33. The minimum atomic E-state index is -4.34. The Bertz CT molecular complexity index is 705. The summed E-state index contributed by atoms with van der Waals surface area (Å²) in [6.45, 7) is 2.49. The van der Waals surface area contributed by atoms with Crippen molar-refractivity contribution >= 4 is 11.8 Å². The van der Waals surface area contributed by atoms with Crippen LogP contribution < -0.4 is 0 Å². The molecule has 0 aromatic heterocycles. The summed E-state index contributed by atoms with van der Waals surface area (Å²) in [4.78, 5) is 27.7. The predicted octanol–water partition coefficient (Wildman–Crippen LogP) is 3.89. The molecular weight excluding hydrogens is 369 g/mol.